The number of carbonyl (C=O) groups is 1. The second kappa shape index (κ2) is 7.46. The average molecular weight is 387 g/mol. The number of nitro groups is 1. The predicted molar refractivity (Wildman–Crippen MR) is 101 cm³/mol. The van der Waals surface area contributed by atoms with E-state index in [1.165, 1.54) is 29.1 Å². The van der Waals surface area contributed by atoms with Gasteiger partial charge >= 0.3 is 0 Å². The predicted octanol–water partition coefficient (Wildman–Crippen LogP) is 4.33. The molecule has 0 aliphatic heterocycles. The standard InChI is InChI=1S/C18H15ClN4O4/c1-11-5-3-4-6-16(11)27-14-8-12(7-13(9-14)23(25)26)21-18(24)17-15(19)10-20-22(17)2/h3-10H,1-2H3,(H,21,24). The molecule has 3 aromatic rings. The summed E-state index contributed by atoms with van der Waals surface area (Å²) in [6, 6.07) is 11.3. The van der Waals surface area contributed by atoms with Gasteiger partial charge in [0.1, 0.15) is 17.2 Å². The molecule has 1 heterocycles. The van der Waals surface area contributed by atoms with Gasteiger partial charge in [-0.05, 0) is 18.6 Å². The van der Waals surface area contributed by atoms with Gasteiger partial charge in [-0.25, -0.2) is 0 Å². The minimum atomic E-state index is -0.558. The van der Waals surface area contributed by atoms with E-state index in [0.717, 1.165) is 5.56 Å². The molecule has 27 heavy (non-hydrogen) atoms. The SMILES string of the molecule is Cc1ccccc1Oc1cc(NC(=O)c2c(Cl)cnn2C)cc([N+](=O)[O-])c1. The van der Waals surface area contributed by atoms with Crippen molar-refractivity contribution in [1.82, 2.24) is 9.78 Å². The van der Waals surface area contributed by atoms with Crippen molar-refractivity contribution in [3.8, 4) is 11.5 Å². The number of nitro benzene ring substituents is 1. The Morgan fingerprint density at radius 2 is 2.04 bits per heavy atom. The van der Waals surface area contributed by atoms with E-state index >= 15 is 0 Å². The summed E-state index contributed by atoms with van der Waals surface area (Å²) in [7, 11) is 1.57. The Kier molecular flexibility index (Phi) is 5.09. The minimum absolute atomic E-state index is 0.143. The molecule has 8 nitrogen and oxygen atoms in total. The third-order valence-electron chi connectivity index (χ3n) is 3.79. The number of aromatic nitrogens is 2. The summed E-state index contributed by atoms with van der Waals surface area (Å²) in [5.74, 6) is 0.247. The maximum absolute atomic E-state index is 12.5. The number of para-hydroxylation sites is 1. The molecule has 0 saturated heterocycles. The van der Waals surface area contributed by atoms with E-state index in [9.17, 15) is 14.9 Å². The van der Waals surface area contributed by atoms with Crippen LogP contribution < -0.4 is 10.1 Å². The van der Waals surface area contributed by atoms with Crippen LogP contribution in [0.15, 0.2) is 48.7 Å². The van der Waals surface area contributed by atoms with Crippen LogP contribution in [-0.4, -0.2) is 20.6 Å². The number of halogens is 1. The lowest BCUT2D eigenvalue weighted by atomic mass is 10.2. The summed E-state index contributed by atoms with van der Waals surface area (Å²) in [6.45, 7) is 1.86. The average Bonchev–Trinajstić information content (AvgIpc) is 2.95. The van der Waals surface area contributed by atoms with Crippen LogP contribution in [0.3, 0.4) is 0 Å². The molecule has 0 saturated carbocycles. The fourth-order valence-electron chi connectivity index (χ4n) is 2.47. The lowest BCUT2D eigenvalue weighted by molar-refractivity contribution is -0.384. The summed E-state index contributed by atoms with van der Waals surface area (Å²) in [5, 5.41) is 17.9. The number of nitrogens with zero attached hydrogens (tertiary/aromatic N) is 3. The Balaban J connectivity index is 1.93. The van der Waals surface area contributed by atoms with E-state index in [-0.39, 0.29) is 27.8 Å². The number of rotatable bonds is 5. The van der Waals surface area contributed by atoms with E-state index in [1.807, 2.05) is 19.1 Å². The van der Waals surface area contributed by atoms with Crippen LogP contribution in [-0.2, 0) is 7.05 Å². The number of benzene rings is 2. The Bertz CT molecular complexity index is 1010. The fraction of sp³-hybridized carbons (Fsp3) is 0.111. The summed E-state index contributed by atoms with van der Waals surface area (Å²) in [6.07, 6.45) is 1.34. The first-order chi connectivity index (χ1) is 12.8. The quantitative estimate of drug-likeness (QED) is 0.519. The van der Waals surface area contributed by atoms with E-state index in [2.05, 4.69) is 10.4 Å². The maximum Gasteiger partial charge on any atom is 0.275 e. The monoisotopic (exact) mass is 386 g/mol. The number of hydrogen-bond donors (Lipinski definition) is 1. The van der Waals surface area contributed by atoms with Gasteiger partial charge in [0.15, 0.2) is 0 Å². The normalized spacial score (nSPS) is 10.5. The largest absolute Gasteiger partial charge is 0.457 e. The van der Waals surface area contributed by atoms with Gasteiger partial charge in [0, 0.05) is 19.2 Å². The summed E-state index contributed by atoms with van der Waals surface area (Å²) in [5.41, 5.74) is 1.00. The van der Waals surface area contributed by atoms with Crippen LogP contribution in [0.5, 0.6) is 11.5 Å². The second-order valence-corrected chi connectivity index (χ2v) is 6.17. The lowest BCUT2D eigenvalue weighted by Gasteiger charge is -2.11. The zero-order valence-corrected chi connectivity index (χ0v) is 15.2. The van der Waals surface area contributed by atoms with E-state index < -0.39 is 10.8 Å². The second-order valence-electron chi connectivity index (χ2n) is 5.76. The van der Waals surface area contributed by atoms with Crippen molar-refractivity contribution in [2.24, 2.45) is 7.05 Å². The number of carbonyl (C=O) groups excluding carboxylic acids is 1. The molecule has 3 rings (SSSR count). The van der Waals surface area contributed by atoms with Crippen molar-refractivity contribution in [3.63, 3.8) is 0 Å². The Morgan fingerprint density at radius 3 is 2.67 bits per heavy atom. The molecular weight excluding hydrogens is 372 g/mol. The molecule has 1 aromatic heterocycles. The molecule has 1 amide bonds. The highest BCUT2D eigenvalue weighted by Crippen LogP contribution is 2.31. The van der Waals surface area contributed by atoms with Crippen molar-refractivity contribution in [1.29, 1.82) is 0 Å². The first kappa shape index (κ1) is 18.4. The van der Waals surface area contributed by atoms with Gasteiger partial charge < -0.3 is 10.1 Å². The Morgan fingerprint density at radius 1 is 1.30 bits per heavy atom. The molecule has 0 spiro atoms. The fourth-order valence-corrected chi connectivity index (χ4v) is 2.73. The number of nitrogens with one attached hydrogen (secondary N) is 1. The van der Waals surface area contributed by atoms with E-state index in [1.54, 1.807) is 19.2 Å². The Labute approximate surface area is 159 Å². The third kappa shape index (κ3) is 4.06. The van der Waals surface area contributed by atoms with Crippen LogP contribution in [0.2, 0.25) is 5.02 Å². The van der Waals surface area contributed by atoms with Gasteiger partial charge in [0.2, 0.25) is 0 Å². The minimum Gasteiger partial charge on any atom is -0.457 e. The van der Waals surface area contributed by atoms with Crippen LogP contribution >= 0.6 is 11.6 Å². The van der Waals surface area contributed by atoms with Gasteiger partial charge in [-0.2, -0.15) is 5.10 Å². The summed E-state index contributed by atoms with van der Waals surface area (Å²) >= 11 is 5.97. The number of anilines is 1. The molecule has 9 heteroatoms. The highest BCUT2D eigenvalue weighted by Gasteiger charge is 2.18. The Hall–Kier alpha value is -3.39. The molecular formula is C18H15ClN4O4. The third-order valence-corrected chi connectivity index (χ3v) is 4.07. The molecule has 1 N–H and O–H groups in total. The number of aryl methyl sites for hydroxylation is 2. The zero-order valence-electron chi connectivity index (χ0n) is 14.5. The first-order valence-corrected chi connectivity index (χ1v) is 8.25. The number of hydrogen-bond acceptors (Lipinski definition) is 5. The van der Waals surface area contributed by atoms with Crippen molar-refractivity contribution < 1.29 is 14.5 Å². The van der Waals surface area contributed by atoms with Crippen LogP contribution in [0.25, 0.3) is 0 Å². The van der Waals surface area contributed by atoms with Gasteiger partial charge in [0.05, 0.1) is 27.9 Å². The highest BCUT2D eigenvalue weighted by molar-refractivity contribution is 6.34. The molecule has 0 fully saturated rings. The van der Waals surface area contributed by atoms with Gasteiger partial charge in [-0.3, -0.25) is 19.6 Å². The molecule has 0 bridgehead atoms. The van der Waals surface area contributed by atoms with Crippen molar-refractivity contribution >= 4 is 28.9 Å². The molecule has 0 radical (unpaired) electrons. The van der Waals surface area contributed by atoms with Crippen LogP contribution in [0.4, 0.5) is 11.4 Å². The van der Waals surface area contributed by atoms with E-state index in [4.69, 9.17) is 16.3 Å². The molecule has 0 aliphatic rings. The molecule has 0 atom stereocenters. The van der Waals surface area contributed by atoms with Crippen molar-refractivity contribution in [2.75, 3.05) is 5.32 Å². The van der Waals surface area contributed by atoms with E-state index in [0.29, 0.717) is 5.75 Å². The van der Waals surface area contributed by atoms with Crippen molar-refractivity contribution in [3.05, 3.63) is 75.1 Å². The lowest BCUT2D eigenvalue weighted by Crippen LogP contribution is -2.16. The number of non-ortho nitro benzene ring substituents is 1. The molecule has 2 aromatic carbocycles. The summed E-state index contributed by atoms with van der Waals surface area (Å²) in [4.78, 5) is 23.1. The molecule has 0 aliphatic carbocycles. The van der Waals surface area contributed by atoms with Crippen LogP contribution in [0.1, 0.15) is 16.1 Å². The van der Waals surface area contributed by atoms with Gasteiger partial charge in [-0.15, -0.1) is 0 Å². The molecule has 0 unspecified atom stereocenters. The van der Waals surface area contributed by atoms with Gasteiger partial charge in [0.25, 0.3) is 11.6 Å². The number of amides is 1. The maximum atomic E-state index is 12.5. The van der Waals surface area contributed by atoms with Crippen molar-refractivity contribution in [2.45, 2.75) is 6.92 Å². The molecule has 138 valence electrons. The summed E-state index contributed by atoms with van der Waals surface area (Å²) < 4.78 is 7.08. The number of ether oxygens (including phenoxy) is 1. The smallest absolute Gasteiger partial charge is 0.275 e. The van der Waals surface area contributed by atoms with Gasteiger partial charge in [-0.1, -0.05) is 29.8 Å². The first-order valence-electron chi connectivity index (χ1n) is 7.87. The zero-order chi connectivity index (χ0) is 19.6. The topological polar surface area (TPSA) is 99.3 Å². The van der Waals surface area contributed by atoms with Crippen LogP contribution in [0, 0.1) is 17.0 Å². The highest BCUT2D eigenvalue weighted by atomic mass is 35.5.